The monoisotopic (exact) mass is 216 g/mol. The van der Waals surface area contributed by atoms with Crippen molar-refractivity contribution in [2.75, 3.05) is 5.75 Å². The number of halogens is 3. The van der Waals surface area contributed by atoms with Gasteiger partial charge in [-0.1, -0.05) is 0 Å². The van der Waals surface area contributed by atoms with Crippen molar-refractivity contribution < 1.29 is 21.1 Å². The summed E-state index contributed by atoms with van der Waals surface area (Å²) in [4.78, 5) is 0. The molecule has 13 heavy (non-hydrogen) atoms. The highest BCUT2D eigenvalue weighted by molar-refractivity contribution is 7.86. The highest BCUT2D eigenvalue weighted by Gasteiger charge is 2.37. The maximum absolute atomic E-state index is 12.7. The summed E-state index contributed by atoms with van der Waals surface area (Å²) in [5.41, 5.74) is 0. The molecule has 0 saturated heterocycles. The van der Waals surface area contributed by atoms with E-state index in [2.05, 4.69) is 0 Å². The van der Waals surface area contributed by atoms with Gasteiger partial charge in [0, 0.05) is 12.8 Å². The Balaban J connectivity index is 2.53. The van der Waals surface area contributed by atoms with Gasteiger partial charge in [0.1, 0.15) is 0 Å². The van der Waals surface area contributed by atoms with Crippen LogP contribution in [-0.2, 0) is 10.2 Å². The summed E-state index contributed by atoms with van der Waals surface area (Å²) in [7, 11) is -4.61. The van der Waals surface area contributed by atoms with Gasteiger partial charge in [0.25, 0.3) is 0 Å². The van der Waals surface area contributed by atoms with Gasteiger partial charge in [-0.3, -0.25) is 0 Å². The molecule has 6 heteroatoms. The molecule has 1 rings (SSSR count). The first-order valence-corrected chi connectivity index (χ1v) is 5.64. The summed E-state index contributed by atoms with van der Waals surface area (Å²) in [6.45, 7) is 0. The molecule has 1 aliphatic rings. The van der Waals surface area contributed by atoms with Crippen molar-refractivity contribution in [3.63, 3.8) is 0 Å². The van der Waals surface area contributed by atoms with Crippen LogP contribution in [0.1, 0.15) is 25.7 Å². The molecule has 1 fully saturated rings. The Bertz CT molecular complexity index is 273. The first kappa shape index (κ1) is 10.8. The van der Waals surface area contributed by atoms with Gasteiger partial charge in [-0.2, -0.15) is 8.42 Å². The molecule has 0 aromatic heterocycles. The van der Waals surface area contributed by atoms with Crippen LogP contribution in [0.4, 0.5) is 12.7 Å². The van der Waals surface area contributed by atoms with Crippen molar-refractivity contribution in [2.45, 2.75) is 31.6 Å². The highest BCUT2D eigenvalue weighted by atomic mass is 32.3. The smallest absolute Gasteiger partial charge is 0.207 e. The van der Waals surface area contributed by atoms with Gasteiger partial charge in [0.2, 0.25) is 5.92 Å². The van der Waals surface area contributed by atoms with Crippen LogP contribution in [0, 0.1) is 5.92 Å². The predicted molar refractivity (Wildman–Crippen MR) is 41.8 cm³/mol. The lowest BCUT2D eigenvalue weighted by molar-refractivity contribution is -0.0489. The third-order valence-electron chi connectivity index (χ3n) is 2.18. The Morgan fingerprint density at radius 1 is 1.38 bits per heavy atom. The SMILES string of the molecule is O=S(=O)(F)CC1CCCC(F)(F)C1. The lowest BCUT2D eigenvalue weighted by Gasteiger charge is -2.27. The van der Waals surface area contributed by atoms with E-state index in [9.17, 15) is 21.1 Å². The van der Waals surface area contributed by atoms with Crippen LogP contribution in [0.3, 0.4) is 0 Å². The van der Waals surface area contributed by atoms with E-state index in [1.54, 1.807) is 0 Å². The number of alkyl halides is 2. The van der Waals surface area contributed by atoms with Crippen molar-refractivity contribution in [1.82, 2.24) is 0 Å². The zero-order valence-corrected chi connectivity index (χ0v) is 7.79. The Kier molecular flexibility index (Phi) is 2.89. The molecule has 1 aliphatic carbocycles. The summed E-state index contributed by atoms with van der Waals surface area (Å²) < 4.78 is 58.0. The Morgan fingerprint density at radius 2 is 2.00 bits per heavy atom. The fourth-order valence-electron chi connectivity index (χ4n) is 1.70. The van der Waals surface area contributed by atoms with Gasteiger partial charge in [-0.25, -0.2) is 8.78 Å². The van der Waals surface area contributed by atoms with Crippen LogP contribution in [-0.4, -0.2) is 20.1 Å². The molecule has 1 atom stereocenters. The van der Waals surface area contributed by atoms with Crippen LogP contribution in [0.5, 0.6) is 0 Å². The summed E-state index contributed by atoms with van der Waals surface area (Å²) >= 11 is 0. The molecule has 0 bridgehead atoms. The van der Waals surface area contributed by atoms with E-state index < -0.39 is 34.2 Å². The average molecular weight is 216 g/mol. The van der Waals surface area contributed by atoms with Gasteiger partial charge in [0.05, 0.1) is 5.75 Å². The van der Waals surface area contributed by atoms with Crippen LogP contribution >= 0.6 is 0 Å². The third-order valence-corrected chi connectivity index (χ3v) is 3.05. The van der Waals surface area contributed by atoms with Gasteiger partial charge >= 0.3 is 10.2 Å². The molecule has 78 valence electrons. The van der Waals surface area contributed by atoms with Gasteiger partial charge in [-0.05, 0) is 18.8 Å². The largest absolute Gasteiger partial charge is 0.302 e. The molecule has 0 radical (unpaired) electrons. The first-order valence-electron chi connectivity index (χ1n) is 4.09. The summed E-state index contributed by atoms with van der Waals surface area (Å²) in [6, 6.07) is 0. The molecule has 0 heterocycles. The standard InChI is InChI=1S/C7H11F3O2S/c8-7(9)3-1-2-6(4-7)5-13(10,11)12/h6H,1-5H2. The molecule has 0 aromatic rings. The molecular weight excluding hydrogens is 205 g/mol. The minimum Gasteiger partial charge on any atom is -0.207 e. The van der Waals surface area contributed by atoms with E-state index in [0.29, 0.717) is 6.42 Å². The van der Waals surface area contributed by atoms with Crippen molar-refractivity contribution in [3.8, 4) is 0 Å². The second kappa shape index (κ2) is 3.48. The molecule has 1 saturated carbocycles. The fraction of sp³-hybridized carbons (Fsp3) is 1.00. The van der Waals surface area contributed by atoms with Crippen molar-refractivity contribution in [1.29, 1.82) is 0 Å². The molecule has 0 aromatic carbocycles. The van der Waals surface area contributed by atoms with Crippen LogP contribution < -0.4 is 0 Å². The van der Waals surface area contributed by atoms with E-state index in [4.69, 9.17) is 0 Å². The number of hydrogen-bond acceptors (Lipinski definition) is 2. The number of hydrogen-bond donors (Lipinski definition) is 0. The van der Waals surface area contributed by atoms with E-state index in [1.807, 2.05) is 0 Å². The molecular formula is C7H11F3O2S. The second-order valence-electron chi connectivity index (χ2n) is 3.52. The van der Waals surface area contributed by atoms with E-state index in [-0.39, 0.29) is 12.8 Å². The third kappa shape index (κ3) is 3.97. The van der Waals surface area contributed by atoms with Crippen LogP contribution in [0.25, 0.3) is 0 Å². The van der Waals surface area contributed by atoms with Crippen molar-refractivity contribution in [2.24, 2.45) is 5.92 Å². The van der Waals surface area contributed by atoms with Crippen molar-refractivity contribution >= 4 is 10.2 Å². The maximum atomic E-state index is 12.7. The predicted octanol–water partition coefficient (Wildman–Crippen LogP) is 2.11. The average Bonchev–Trinajstić information content (AvgIpc) is 1.79. The molecule has 0 aliphatic heterocycles. The van der Waals surface area contributed by atoms with E-state index >= 15 is 0 Å². The Hall–Kier alpha value is -0.260. The minimum atomic E-state index is -4.61. The first-order chi connectivity index (χ1) is 5.79. The van der Waals surface area contributed by atoms with Gasteiger partial charge < -0.3 is 0 Å². The lowest BCUT2D eigenvalue weighted by Crippen LogP contribution is -2.29. The minimum absolute atomic E-state index is 0.212. The Morgan fingerprint density at radius 3 is 2.46 bits per heavy atom. The quantitative estimate of drug-likeness (QED) is 0.662. The fourth-order valence-corrected chi connectivity index (χ4v) is 2.55. The second-order valence-corrected chi connectivity index (χ2v) is 4.93. The van der Waals surface area contributed by atoms with Gasteiger partial charge in [0.15, 0.2) is 0 Å². The summed E-state index contributed by atoms with van der Waals surface area (Å²) in [5, 5.41) is 0. The maximum Gasteiger partial charge on any atom is 0.302 e. The van der Waals surface area contributed by atoms with Crippen LogP contribution in [0.2, 0.25) is 0 Å². The molecule has 0 spiro atoms. The van der Waals surface area contributed by atoms with E-state index in [1.165, 1.54) is 0 Å². The molecule has 0 amide bonds. The normalized spacial score (nSPS) is 28.7. The summed E-state index contributed by atoms with van der Waals surface area (Å²) in [6.07, 6.45) is -0.0715. The highest BCUT2D eigenvalue weighted by Crippen LogP contribution is 2.37. The molecule has 0 N–H and O–H groups in total. The zero-order chi connectivity index (χ0) is 10.1. The van der Waals surface area contributed by atoms with E-state index in [0.717, 1.165) is 0 Å². The lowest BCUT2D eigenvalue weighted by atomic mass is 9.88. The van der Waals surface area contributed by atoms with Crippen molar-refractivity contribution in [3.05, 3.63) is 0 Å². The molecule has 1 unspecified atom stereocenters. The van der Waals surface area contributed by atoms with Crippen LogP contribution in [0.15, 0.2) is 0 Å². The molecule has 2 nitrogen and oxygen atoms in total. The zero-order valence-electron chi connectivity index (χ0n) is 6.97. The topological polar surface area (TPSA) is 34.1 Å². The Labute approximate surface area is 75.3 Å². The van der Waals surface area contributed by atoms with Gasteiger partial charge in [-0.15, -0.1) is 3.89 Å². The summed E-state index contributed by atoms with van der Waals surface area (Å²) in [5.74, 6) is -4.30. The number of rotatable bonds is 2.